The summed E-state index contributed by atoms with van der Waals surface area (Å²) in [4.78, 5) is 28.4. The Morgan fingerprint density at radius 2 is 1.97 bits per heavy atom. The lowest BCUT2D eigenvalue weighted by Crippen LogP contribution is -2.47. The van der Waals surface area contributed by atoms with Gasteiger partial charge in [-0.2, -0.15) is 4.98 Å². The summed E-state index contributed by atoms with van der Waals surface area (Å²) in [5.41, 5.74) is 4.11. The average Bonchev–Trinajstić information content (AvgIpc) is 3.28. The van der Waals surface area contributed by atoms with Crippen LogP contribution in [0.15, 0.2) is 36.7 Å². The van der Waals surface area contributed by atoms with Crippen LogP contribution in [-0.4, -0.2) is 73.3 Å². The monoisotopic (exact) mass is 514 g/mol. The molecule has 0 radical (unpaired) electrons. The molecule has 10 heteroatoms. The highest BCUT2D eigenvalue weighted by Crippen LogP contribution is 2.36. The highest BCUT2D eigenvalue weighted by Gasteiger charge is 2.44. The summed E-state index contributed by atoms with van der Waals surface area (Å²) in [6.45, 7) is 4.80. The number of nitrogens with one attached hydrogen (secondary N) is 1. The van der Waals surface area contributed by atoms with E-state index in [1.165, 1.54) is 12.8 Å². The normalized spacial score (nSPS) is 21.3. The van der Waals surface area contributed by atoms with Gasteiger partial charge >= 0.3 is 0 Å². The fourth-order valence-electron chi connectivity index (χ4n) is 5.64. The number of nitrogens with zero attached hydrogens (tertiary/aromatic N) is 7. The molecule has 0 spiro atoms. The predicted octanol–water partition coefficient (Wildman–Crippen LogP) is 3.80. The van der Waals surface area contributed by atoms with E-state index in [2.05, 4.69) is 31.2 Å². The molecule has 3 fully saturated rings. The highest BCUT2D eigenvalue weighted by atomic mass is 32.1. The van der Waals surface area contributed by atoms with E-state index >= 15 is 0 Å². The van der Waals surface area contributed by atoms with Crippen LogP contribution < -0.4 is 10.2 Å². The van der Waals surface area contributed by atoms with Gasteiger partial charge in [0.25, 0.3) is 0 Å². The molecule has 7 rings (SSSR count). The minimum absolute atomic E-state index is 0.208. The second kappa shape index (κ2) is 9.27. The summed E-state index contributed by atoms with van der Waals surface area (Å²) in [5.74, 6) is 3.02. The van der Waals surface area contributed by atoms with Crippen molar-refractivity contribution in [1.82, 2.24) is 29.8 Å². The lowest BCUT2D eigenvalue weighted by molar-refractivity contribution is 0.176. The standard InChI is InChI=1S/C27H30N8OS/c1-16-8-25(33-27(30-16)35-15-20-11-21(35)14-34(20)6-7-36)32-24-12-22-23(13-29-24)37-26(31-22)18-4-5-28-19(10-18)9-17-2-3-17/h4-5,8,10,12-13,17,20-21,36H,2-3,6-7,9,11,14-15H2,1H3,(H,29,30,32,33)/t20-,21-/m0/s1. The van der Waals surface area contributed by atoms with Gasteiger partial charge in [0.2, 0.25) is 5.95 Å². The number of piperazine rings is 1. The number of rotatable bonds is 8. The summed E-state index contributed by atoms with van der Waals surface area (Å²) in [6.07, 6.45) is 8.60. The van der Waals surface area contributed by atoms with Crippen molar-refractivity contribution in [2.75, 3.05) is 36.5 Å². The quantitative estimate of drug-likeness (QED) is 0.363. The maximum atomic E-state index is 9.32. The minimum atomic E-state index is 0.208. The van der Waals surface area contributed by atoms with Crippen LogP contribution in [0.5, 0.6) is 0 Å². The number of aromatic nitrogens is 5. The Morgan fingerprint density at radius 1 is 1.05 bits per heavy atom. The Kier molecular flexibility index (Phi) is 5.75. The summed E-state index contributed by atoms with van der Waals surface area (Å²) in [7, 11) is 0. The lowest BCUT2D eigenvalue weighted by Gasteiger charge is -2.34. The molecular weight excluding hydrogens is 484 g/mol. The first kappa shape index (κ1) is 22.9. The van der Waals surface area contributed by atoms with Crippen molar-refractivity contribution in [1.29, 1.82) is 0 Å². The molecule has 3 aliphatic rings. The van der Waals surface area contributed by atoms with Gasteiger partial charge in [0, 0.05) is 73.2 Å². The van der Waals surface area contributed by atoms with E-state index in [9.17, 15) is 5.11 Å². The number of anilines is 3. The largest absolute Gasteiger partial charge is 0.395 e. The second-order valence-corrected chi connectivity index (χ2v) is 11.5. The molecule has 2 N–H and O–H groups in total. The Balaban J connectivity index is 1.10. The second-order valence-electron chi connectivity index (χ2n) is 10.5. The van der Waals surface area contributed by atoms with Crippen LogP contribution in [0.1, 0.15) is 30.7 Å². The molecule has 1 aliphatic carbocycles. The van der Waals surface area contributed by atoms with Crippen LogP contribution >= 0.6 is 11.3 Å². The van der Waals surface area contributed by atoms with Crippen molar-refractivity contribution in [3.63, 3.8) is 0 Å². The smallest absolute Gasteiger partial charge is 0.227 e. The van der Waals surface area contributed by atoms with Crippen LogP contribution in [-0.2, 0) is 6.42 Å². The number of pyridine rings is 2. The molecule has 9 nitrogen and oxygen atoms in total. The van der Waals surface area contributed by atoms with Gasteiger partial charge in [-0.15, -0.1) is 11.3 Å². The van der Waals surface area contributed by atoms with Gasteiger partial charge < -0.3 is 15.3 Å². The van der Waals surface area contributed by atoms with E-state index in [4.69, 9.17) is 15.0 Å². The molecule has 4 aromatic rings. The van der Waals surface area contributed by atoms with Crippen molar-refractivity contribution >= 4 is 39.1 Å². The zero-order chi connectivity index (χ0) is 24.9. The Bertz CT molecular complexity index is 1450. The van der Waals surface area contributed by atoms with Gasteiger partial charge in [-0.3, -0.25) is 9.88 Å². The molecule has 0 aromatic carbocycles. The first-order chi connectivity index (χ1) is 18.1. The number of hydrogen-bond acceptors (Lipinski definition) is 10. The predicted molar refractivity (Wildman–Crippen MR) is 145 cm³/mol. The lowest BCUT2D eigenvalue weighted by atomic mass is 10.1. The third kappa shape index (κ3) is 4.65. The van der Waals surface area contributed by atoms with E-state index in [0.717, 1.165) is 88.2 Å². The summed E-state index contributed by atoms with van der Waals surface area (Å²) in [5, 5.41) is 13.7. The molecule has 1 saturated carbocycles. The molecule has 2 atom stereocenters. The van der Waals surface area contributed by atoms with Crippen LogP contribution in [0, 0.1) is 12.8 Å². The molecule has 2 bridgehead atoms. The van der Waals surface area contributed by atoms with Crippen LogP contribution in [0.25, 0.3) is 20.8 Å². The van der Waals surface area contributed by atoms with Crippen LogP contribution in [0.4, 0.5) is 17.6 Å². The van der Waals surface area contributed by atoms with Crippen molar-refractivity contribution in [3.05, 3.63) is 48.0 Å². The molecule has 190 valence electrons. The van der Waals surface area contributed by atoms with E-state index in [1.807, 2.05) is 37.5 Å². The van der Waals surface area contributed by atoms with Crippen molar-refractivity contribution in [2.24, 2.45) is 5.92 Å². The van der Waals surface area contributed by atoms with Crippen molar-refractivity contribution in [3.8, 4) is 10.6 Å². The summed E-state index contributed by atoms with van der Waals surface area (Å²) in [6, 6.07) is 9.02. The Labute approximate surface area is 219 Å². The molecule has 37 heavy (non-hydrogen) atoms. The fourth-order valence-corrected chi connectivity index (χ4v) is 6.55. The zero-order valence-corrected chi connectivity index (χ0v) is 21.7. The van der Waals surface area contributed by atoms with Gasteiger partial charge in [-0.1, -0.05) is 0 Å². The first-order valence-corrected chi connectivity index (χ1v) is 13.9. The zero-order valence-electron chi connectivity index (χ0n) is 20.8. The Morgan fingerprint density at radius 3 is 2.78 bits per heavy atom. The van der Waals surface area contributed by atoms with Crippen LogP contribution in [0.2, 0.25) is 0 Å². The average molecular weight is 515 g/mol. The van der Waals surface area contributed by atoms with Gasteiger partial charge in [-0.25, -0.2) is 15.0 Å². The van der Waals surface area contributed by atoms with Gasteiger partial charge in [0.15, 0.2) is 0 Å². The van der Waals surface area contributed by atoms with E-state index in [1.54, 1.807) is 11.3 Å². The number of β-amino-alcohol motifs (C(OH)–C–C–N with tert-alkyl or cyclic N) is 1. The number of fused-ring (bicyclic) bond motifs is 3. The minimum Gasteiger partial charge on any atom is -0.395 e. The highest BCUT2D eigenvalue weighted by molar-refractivity contribution is 7.21. The summed E-state index contributed by atoms with van der Waals surface area (Å²) < 4.78 is 1.06. The molecule has 0 unspecified atom stereocenters. The van der Waals surface area contributed by atoms with E-state index < -0.39 is 0 Å². The number of likely N-dealkylation sites (tertiary alicyclic amines) is 1. The van der Waals surface area contributed by atoms with Crippen molar-refractivity contribution in [2.45, 2.75) is 44.7 Å². The number of aliphatic hydroxyl groups is 1. The maximum absolute atomic E-state index is 9.32. The first-order valence-electron chi connectivity index (χ1n) is 13.1. The van der Waals surface area contributed by atoms with Gasteiger partial charge in [-0.05, 0) is 50.7 Å². The topological polar surface area (TPSA) is 103 Å². The van der Waals surface area contributed by atoms with Gasteiger partial charge in [0.1, 0.15) is 16.6 Å². The van der Waals surface area contributed by atoms with Crippen LogP contribution in [0.3, 0.4) is 0 Å². The molecule has 2 aliphatic heterocycles. The molecule has 4 aromatic heterocycles. The number of thiazole rings is 1. The van der Waals surface area contributed by atoms with Crippen molar-refractivity contribution < 1.29 is 5.11 Å². The fraction of sp³-hybridized carbons (Fsp3) is 0.444. The third-order valence-electron chi connectivity index (χ3n) is 7.63. The molecule has 2 saturated heterocycles. The number of aliphatic hydroxyl groups excluding tert-OH is 1. The number of hydrogen-bond donors (Lipinski definition) is 2. The Hall–Kier alpha value is -3.21. The molecule has 0 amide bonds. The van der Waals surface area contributed by atoms with E-state index in [0.29, 0.717) is 12.1 Å². The summed E-state index contributed by atoms with van der Waals surface area (Å²) >= 11 is 1.66. The number of aryl methyl sites for hydroxylation is 1. The SMILES string of the molecule is Cc1cc(Nc2cc3nc(-c4ccnc(CC5CC5)c4)sc3cn2)nc(N2C[C@@H]3C[C@H]2CN3CCO)n1. The maximum Gasteiger partial charge on any atom is 0.227 e. The molecule has 6 heterocycles. The third-order valence-corrected chi connectivity index (χ3v) is 8.69. The molecular formula is C27H30N8OS. The van der Waals surface area contributed by atoms with Gasteiger partial charge in [0.05, 0.1) is 16.8 Å². The van der Waals surface area contributed by atoms with E-state index in [-0.39, 0.29) is 6.61 Å².